The number of hydrogen-bond acceptors (Lipinski definition) is 2. The Morgan fingerprint density at radius 1 is 1.32 bits per heavy atom. The third-order valence-corrected chi connectivity index (χ3v) is 4.58. The van der Waals surface area contributed by atoms with Gasteiger partial charge < -0.3 is 9.84 Å². The number of rotatable bonds is 7. The molecule has 0 saturated carbocycles. The van der Waals surface area contributed by atoms with Gasteiger partial charge in [-0.25, -0.2) is 0 Å². The van der Waals surface area contributed by atoms with Crippen LogP contribution in [0, 0.1) is 12.8 Å². The van der Waals surface area contributed by atoms with Gasteiger partial charge in [-0.15, -0.1) is 0 Å². The molecule has 1 N–H and O–H groups in total. The van der Waals surface area contributed by atoms with E-state index >= 15 is 0 Å². The summed E-state index contributed by atoms with van der Waals surface area (Å²) in [6, 6.07) is 3.97. The zero-order valence-electron chi connectivity index (χ0n) is 12.4. The van der Waals surface area contributed by atoms with E-state index in [0.29, 0.717) is 5.92 Å². The van der Waals surface area contributed by atoms with E-state index in [1.807, 2.05) is 19.1 Å². The highest BCUT2D eigenvalue weighted by Gasteiger charge is 2.22. The van der Waals surface area contributed by atoms with E-state index in [4.69, 9.17) is 4.74 Å². The Kier molecular flexibility index (Phi) is 6.87. The van der Waals surface area contributed by atoms with Gasteiger partial charge in [0.05, 0.1) is 13.2 Å². The molecule has 0 aliphatic heterocycles. The van der Waals surface area contributed by atoms with Gasteiger partial charge in [-0.3, -0.25) is 0 Å². The third-order valence-electron chi connectivity index (χ3n) is 3.73. The van der Waals surface area contributed by atoms with Gasteiger partial charge in [0.15, 0.2) is 0 Å². The van der Waals surface area contributed by atoms with Crippen LogP contribution in [0.5, 0.6) is 5.75 Å². The molecule has 0 aromatic heterocycles. The van der Waals surface area contributed by atoms with E-state index in [9.17, 15) is 5.11 Å². The second kappa shape index (κ2) is 7.91. The summed E-state index contributed by atoms with van der Waals surface area (Å²) in [6.07, 6.45) is 3.91. The minimum absolute atomic E-state index is 0.295. The molecule has 0 heterocycles. The van der Waals surface area contributed by atoms with Crippen LogP contribution in [0.25, 0.3) is 0 Å². The molecule has 0 fully saturated rings. The smallest absolute Gasteiger partial charge is 0.125 e. The maximum absolute atomic E-state index is 10.6. The molecule has 0 saturated heterocycles. The van der Waals surface area contributed by atoms with Crippen molar-refractivity contribution >= 4 is 15.9 Å². The molecule has 2 unspecified atom stereocenters. The highest BCUT2D eigenvalue weighted by atomic mass is 79.9. The van der Waals surface area contributed by atoms with Crippen molar-refractivity contribution < 1.29 is 9.84 Å². The summed E-state index contributed by atoms with van der Waals surface area (Å²) in [7, 11) is 1.66. The topological polar surface area (TPSA) is 29.5 Å². The Bertz CT molecular complexity index is 404. The first-order valence-electron chi connectivity index (χ1n) is 7.07. The van der Waals surface area contributed by atoms with Crippen LogP contribution in [0.4, 0.5) is 0 Å². The normalized spacial score (nSPS) is 14.2. The summed E-state index contributed by atoms with van der Waals surface area (Å²) in [5.74, 6) is 1.08. The summed E-state index contributed by atoms with van der Waals surface area (Å²) in [5.41, 5.74) is 2.01. The molecule has 0 aliphatic rings. The van der Waals surface area contributed by atoms with Gasteiger partial charge in [-0.2, -0.15) is 0 Å². The average Bonchev–Trinajstić information content (AvgIpc) is 2.41. The molecule has 19 heavy (non-hydrogen) atoms. The predicted molar refractivity (Wildman–Crippen MR) is 83.7 cm³/mol. The van der Waals surface area contributed by atoms with Crippen LogP contribution >= 0.6 is 15.9 Å². The van der Waals surface area contributed by atoms with Gasteiger partial charge in [-0.05, 0) is 37.0 Å². The Hall–Kier alpha value is -0.540. The Labute approximate surface area is 125 Å². The Morgan fingerprint density at radius 2 is 2.00 bits per heavy atom. The zero-order valence-corrected chi connectivity index (χ0v) is 14.0. The standard InChI is InChI=1S/C16H25BrO2/c1-5-7-8-12(6-2)16(18)13-10-14(17)11(3)9-15(13)19-4/h9-10,12,16,18H,5-8H2,1-4H3. The molecule has 0 amide bonds. The number of halogens is 1. The van der Waals surface area contributed by atoms with Crippen LogP contribution < -0.4 is 4.74 Å². The summed E-state index contributed by atoms with van der Waals surface area (Å²) < 4.78 is 6.44. The first-order chi connectivity index (χ1) is 9.04. The SMILES string of the molecule is CCCCC(CC)C(O)c1cc(Br)c(C)cc1OC. The lowest BCUT2D eigenvalue weighted by Crippen LogP contribution is -2.13. The van der Waals surface area contributed by atoms with Crippen LogP contribution in [0.2, 0.25) is 0 Å². The van der Waals surface area contributed by atoms with Crippen molar-refractivity contribution in [3.05, 3.63) is 27.7 Å². The van der Waals surface area contributed by atoms with Crippen LogP contribution in [-0.4, -0.2) is 12.2 Å². The second-order valence-corrected chi connectivity index (χ2v) is 5.95. The zero-order chi connectivity index (χ0) is 14.4. The number of aliphatic hydroxyl groups excluding tert-OH is 1. The molecule has 0 aliphatic carbocycles. The van der Waals surface area contributed by atoms with Gasteiger partial charge in [-0.1, -0.05) is 49.0 Å². The molecular formula is C16H25BrO2. The number of unbranched alkanes of at least 4 members (excludes halogenated alkanes) is 1. The molecule has 1 aromatic rings. The number of hydrogen-bond donors (Lipinski definition) is 1. The molecule has 108 valence electrons. The van der Waals surface area contributed by atoms with E-state index in [1.165, 1.54) is 0 Å². The van der Waals surface area contributed by atoms with Crippen molar-refractivity contribution in [3.63, 3.8) is 0 Å². The van der Waals surface area contributed by atoms with E-state index in [-0.39, 0.29) is 0 Å². The fourth-order valence-electron chi connectivity index (χ4n) is 2.38. The van der Waals surface area contributed by atoms with Crippen molar-refractivity contribution in [2.75, 3.05) is 7.11 Å². The van der Waals surface area contributed by atoms with Crippen LogP contribution in [0.15, 0.2) is 16.6 Å². The lowest BCUT2D eigenvalue weighted by Gasteiger charge is -2.24. The minimum Gasteiger partial charge on any atom is -0.496 e. The van der Waals surface area contributed by atoms with Gasteiger partial charge in [0.1, 0.15) is 5.75 Å². The van der Waals surface area contributed by atoms with Gasteiger partial charge >= 0.3 is 0 Å². The molecule has 1 rings (SSSR count). The fraction of sp³-hybridized carbons (Fsp3) is 0.625. The molecule has 0 bridgehead atoms. The molecule has 0 spiro atoms. The highest BCUT2D eigenvalue weighted by Crippen LogP contribution is 2.37. The third kappa shape index (κ3) is 4.22. The first kappa shape index (κ1) is 16.5. The van der Waals surface area contributed by atoms with Gasteiger partial charge in [0.25, 0.3) is 0 Å². The molecule has 0 radical (unpaired) electrons. The summed E-state index contributed by atoms with van der Waals surface area (Å²) in [4.78, 5) is 0. The first-order valence-corrected chi connectivity index (χ1v) is 7.86. The number of ether oxygens (including phenoxy) is 1. The van der Waals surface area contributed by atoms with Crippen molar-refractivity contribution in [1.82, 2.24) is 0 Å². The van der Waals surface area contributed by atoms with E-state index in [1.54, 1.807) is 7.11 Å². The lowest BCUT2D eigenvalue weighted by atomic mass is 9.88. The minimum atomic E-state index is -0.455. The van der Waals surface area contributed by atoms with E-state index < -0.39 is 6.10 Å². The predicted octanol–water partition coefficient (Wildman–Crippen LogP) is 5.02. The monoisotopic (exact) mass is 328 g/mol. The van der Waals surface area contributed by atoms with Gasteiger partial charge in [0.2, 0.25) is 0 Å². The van der Waals surface area contributed by atoms with Crippen LogP contribution in [0.3, 0.4) is 0 Å². The van der Waals surface area contributed by atoms with E-state index in [2.05, 4.69) is 29.8 Å². The number of benzene rings is 1. The summed E-state index contributed by atoms with van der Waals surface area (Å²) >= 11 is 3.53. The average molecular weight is 329 g/mol. The van der Waals surface area contributed by atoms with Crippen molar-refractivity contribution in [3.8, 4) is 5.75 Å². The van der Waals surface area contributed by atoms with Crippen LogP contribution in [0.1, 0.15) is 56.8 Å². The summed E-state index contributed by atoms with van der Waals surface area (Å²) in [5, 5.41) is 10.6. The quantitative estimate of drug-likeness (QED) is 0.761. The Balaban J connectivity index is 3.02. The lowest BCUT2D eigenvalue weighted by molar-refractivity contribution is 0.0961. The molecular weight excluding hydrogens is 304 g/mol. The molecule has 3 heteroatoms. The summed E-state index contributed by atoms with van der Waals surface area (Å²) in [6.45, 7) is 6.35. The maximum Gasteiger partial charge on any atom is 0.125 e. The highest BCUT2D eigenvalue weighted by molar-refractivity contribution is 9.10. The number of aryl methyl sites for hydroxylation is 1. The maximum atomic E-state index is 10.6. The number of aliphatic hydroxyl groups is 1. The molecule has 2 nitrogen and oxygen atoms in total. The molecule has 1 aromatic carbocycles. The largest absolute Gasteiger partial charge is 0.496 e. The second-order valence-electron chi connectivity index (χ2n) is 5.10. The van der Waals surface area contributed by atoms with Crippen LogP contribution in [-0.2, 0) is 0 Å². The number of methoxy groups -OCH3 is 1. The van der Waals surface area contributed by atoms with Gasteiger partial charge in [0, 0.05) is 10.0 Å². The van der Waals surface area contributed by atoms with Crippen molar-refractivity contribution in [1.29, 1.82) is 0 Å². The Morgan fingerprint density at radius 3 is 2.53 bits per heavy atom. The molecule has 2 atom stereocenters. The van der Waals surface area contributed by atoms with E-state index in [0.717, 1.165) is 47.0 Å². The van der Waals surface area contributed by atoms with Crippen molar-refractivity contribution in [2.45, 2.75) is 52.6 Å². The van der Waals surface area contributed by atoms with Crippen molar-refractivity contribution in [2.24, 2.45) is 5.92 Å². The fourth-order valence-corrected chi connectivity index (χ4v) is 2.74.